The first-order valence-electron chi connectivity index (χ1n) is 6.82. The molecule has 0 saturated carbocycles. The predicted octanol–water partition coefficient (Wildman–Crippen LogP) is 1.85. The molecule has 0 unspecified atom stereocenters. The fraction of sp³-hybridized carbons (Fsp3) is 0.333. The number of hydrogen-bond acceptors (Lipinski definition) is 6. The van der Waals surface area contributed by atoms with E-state index in [0.29, 0.717) is 23.6 Å². The molecule has 0 N–H and O–H groups in total. The third-order valence-corrected chi connectivity index (χ3v) is 2.91. The van der Waals surface area contributed by atoms with Crippen LogP contribution in [0.3, 0.4) is 0 Å². The van der Waals surface area contributed by atoms with Gasteiger partial charge in [0, 0.05) is 7.11 Å². The number of ether oxygens (including phenoxy) is 2. The summed E-state index contributed by atoms with van der Waals surface area (Å²) >= 11 is 0. The summed E-state index contributed by atoms with van der Waals surface area (Å²) in [6.45, 7) is 2.50. The van der Waals surface area contributed by atoms with Gasteiger partial charge < -0.3 is 9.47 Å². The van der Waals surface area contributed by atoms with Crippen molar-refractivity contribution in [1.82, 2.24) is 15.0 Å². The van der Waals surface area contributed by atoms with Gasteiger partial charge in [-0.15, -0.1) is 5.10 Å². The van der Waals surface area contributed by atoms with Crippen LogP contribution in [0.15, 0.2) is 24.3 Å². The summed E-state index contributed by atoms with van der Waals surface area (Å²) in [6.07, 6.45) is 0.762. The lowest BCUT2D eigenvalue weighted by Crippen LogP contribution is -2.08. The molecule has 0 aliphatic rings. The van der Waals surface area contributed by atoms with Crippen molar-refractivity contribution in [3.63, 3.8) is 0 Å². The zero-order valence-corrected chi connectivity index (χ0v) is 12.4. The Balaban J connectivity index is 2.36. The molecule has 1 aromatic heterocycles. The van der Waals surface area contributed by atoms with E-state index in [1.54, 1.807) is 24.3 Å². The lowest BCUT2D eigenvalue weighted by Gasteiger charge is -2.08. The number of nitrogens with zero attached hydrogens (tertiary/aromatic N) is 4. The highest BCUT2D eigenvalue weighted by atomic mass is 16.5. The normalized spacial score (nSPS) is 10.2. The Kier molecular flexibility index (Phi) is 5.22. The maximum atomic E-state index is 11.9. The summed E-state index contributed by atoms with van der Waals surface area (Å²) in [5.74, 6) is -0.391. The molecule has 0 fully saturated rings. The SMILES string of the molecule is CCCOC(=O)c1cccc(-n2nnc(C#N)c2COC)c1. The molecule has 1 heterocycles. The van der Waals surface area contributed by atoms with Crippen molar-refractivity contribution < 1.29 is 14.3 Å². The molecular formula is C15H16N4O3. The van der Waals surface area contributed by atoms with Gasteiger partial charge in [0.15, 0.2) is 5.69 Å². The van der Waals surface area contributed by atoms with Gasteiger partial charge in [-0.1, -0.05) is 18.2 Å². The van der Waals surface area contributed by atoms with Crippen molar-refractivity contribution in [2.24, 2.45) is 0 Å². The molecule has 114 valence electrons. The Hall–Kier alpha value is -2.72. The Bertz CT molecular complexity index is 703. The molecule has 0 aliphatic carbocycles. The van der Waals surface area contributed by atoms with Gasteiger partial charge in [0.05, 0.1) is 24.5 Å². The molecule has 0 spiro atoms. The monoisotopic (exact) mass is 300 g/mol. The maximum Gasteiger partial charge on any atom is 0.338 e. The van der Waals surface area contributed by atoms with Crippen LogP contribution in [0.5, 0.6) is 0 Å². The summed E-state index contributed by atoms with van der Waals surface area (Å²) in [4.78, 5) is 11.9. The highest BCUT2D eigenvalue weighted by Crippen LogP contribution is 2.16. The third-order valence-electron chi connectivity index (χ3n) is 2.91. The second kappa shape index (κ2) is 7.33. The van der Waals surface area contributed by atoms with E-state index in [0.717, 1.165) is 6.42 Å². The van der Waals surface area contributed by atoms with Gasteiger partial charge in [0.2, 0.25) is 0 Å². The van der Waals surface area contributed by atoms with Gasteiger partial charge in [0.1, 0.15) is 11.8 Å². The number of nitriles is 1. The molecule has 2 rings (SSSR count). The first kappa shape index (κ1) is 15.7. The molecule has 1 aromatic carbocycles. The van der Waals surface area contributed by atoms with Gasteiger partial charge in [-0.3, -0.25) is 0 Å². The fourth-order valence-corrected chi connectivity index (χ4v) is 1.90. The van der Waals surface area contributed by atoms with E-state index in [1.807, 2.05) is 13.0 Å². The minimum atomic E-state index is -0.391. The molecule has 2 aromatic rings. The fourth-order valence-electron chi connectivity index (χ4n) is 1.90. The van der Waals surface area contributed by atoms with Crippen LogP contribution < -0.4 is 0 Å². The number of methoxy groups -OCH3 is 1. The van der Waals surface area contributed by atoms with Gasteiger partial charge >= 0.3 is 5.97 Å². The largest absolute Gasteiger partial charge is 0.462 e. The standard InChI is InChI=1S/C15H16N4O3/c1-3-7-22-15(20)11-5-4-6-12(8-11)19-14(10-21-2)13(9-16)17-18-19/h4-6,8H,3,7,10H2,1-2H3. The third kappa shape index (κ3) is 3.30. The highest BCUT2D eigenvalue weighted by Gasteiger charge is 2.15. The summed E-state index contributed by atoms with van der Waals surface area (Å²) < 4.78 is 11.7. The van der Waals surface area contributed by atoms with E-state index < -0.39 is 5.97 Å². The number of rotatable bonds is 6. The van der Waals surface area contributed by atoms with E-state index >= 15 is 0 Å². The summed E-state index contributed by atoms with van der Waals surface area (Å²) in [5.41, 5.74) is 1.76. The number of benzene rings is 1. The van der Waals surface area contributed by atoms with Gasteiger partial charge in [0.25, 0.3) is 0 Å². The van der Waals surface area contributed by atoms with Crippen LogP contribution in [0.1, 0.15) is 35.1 Å². The second-order valence-corrected chi connectivity index (χ2v) is 4.53. The van der Waals surface area contributed by atoms with Crippen molar-refractivity contribution in [3.05, 3.63) is 41.2 Å². The molecule has 0 bridgehead atoms. The number of esters is 1. The van der Waals surface area contributed by atoms with Crippen LogP contribution in [0, 0.1) is 11.3 Å². The van der Waals surface area contributed by atoms with Crippen LogP contribution in [0.25, 0.3) is 5.69 Å². The first-order chi connectivity index (χ1) is 10.7. The van der Waals surface area contributed by atoms with Gasteiger partial charge in [-0.2, -0.15) is 5.26 Å². The van der Waals surface area contributed by atoms with Gasteiger partial charge in [-0.25, -0.2) is 9.48 Å². The molecule has 0 atom stereocenters. The molecule has 0 aliphatic heterocycles. The Morgan fingerprint density at radius 1 is 1.45 bits per heavy atom. The van der Waals surface area contributed by atoms with Crippen molar-refractivity contribution >= 4 is 5.97 Å². The summed E-state index contributed by atoms with van der Waals surface area (Å²) in [5, 5.41) is 16.8. The smallest absolute Gasteiger partial charge is 0.338 e. The molecule has 0 amide bonds. The van der Waals surface area contributed by atoms with Crippen molar-refractivity contribution in [2.45, 2.75) is 20.0 Å². The van der Waals surface area contributed by atoms with Crippen LogP contribution >= 0.6 is 0 Å². The van der Waals surface area contributed by atoms with E-state index in [9.17, 15) is 4.79 Å². The van der Waals surface area contributed by atoms with E-state index in [1.165, 1.54) is 11.8 Å². The topological polar surface area (TPSA) is 90.0 Å². The van der Waals surface area contributed by atoms with Crippen molar-refractivity contribution in [3.8, 4) is 11.8 Å². The number of aromatic nitrogens is 3. The molecule has 0 saturated heterocycles. The average Bonchev–Trinajstić information content (AvgIpc) is 2.96. The Labute approximate surface area is 128 Å². The Morgan fingerprint density at radius 3 is 2.95 bits per heavy atom. The van der Waals surface area contributed by atoms with Gasteiger partial charge in [-0.05, 0) is 24.6 Å². The van der Waals surface area contributed by atoms with Crippen LogP contribution in [0.2, 0.25) is 0 Å². The van der Waals surface area contributed by atoms with Crippen molar-refractivity contribution in [2.75, 3.05) is 13.7 Å². The number of hydrogen-bond donors (Lipinski definition) is 0. The molecule has 7 heteroatoms. The summed E-state index contributed by atoms with van der Waals surface area (Å²) in [7, 11) is 1.52. The van der Waals surface area contributed by atoms with Crippen LogP contribution in [-0.4, -0.2) is 34.7 Å². The van der Waals surface area contributed by atoms with Crippen molar-refractivity contribution in [1.29, 1.82) is 5.26 Å². The average molecular weight is 300 g/mol. The summed E-state index contributed by atoms with van der Waals surface area (Å²) in [6, 6.07) is 8.78. The number of carbonyl (C=O) groups excluding carboxylic acids is 1. The molecule has 22 heavy (non-hydrogen) atoms. The molecule has 0 radical (unpaired) electrons. The molecular weight excluding hydrogens is 284 g/mol. The second-order valence-electron chi connectivity index (χ2n) is 4.53. The lowest BCUT2D eigenvalue weighted by atomic mass is 10.2. The predicted molar refractivity (Wildman–Crippen MR) is 77.4 cm³/mol. The quantitative estimate of drug-likeness (QED) is 0.756. The zero-order chi connectivity index (χ0) is 15.9. The van der Waals surface area contributed by atoms with E-state index in [-0.39, 0.29) is 12.3 Å². The highest BCUT2D eigenvalue weighted by molar-refractivity contribution is 5.90. The zero-order valence-electron chi connectivity index (χ0n) is 12.4. The van der Waals surface area contributed by atoms with Crippen LogP contribution in [0.4, 0.5) is 0 Å². The first-order valence-corrected chi connectivity index (χ1v) is 6.82. The maximum absolute atomic E-state index is 11.9. The lowest BCUT2D eigenvalue weighted by molar-refractivity contribution is 0.0505. The van der Waals surface area contributed by atoms with Crippen LogP contribution in [-0.2, 0) is 16.1 Å². The number of carbonyl (C=O) groups is 1. The Morgan fingerprint density at radius 2 is 2.27 bits per heavy atom. The molecule has 7 nitrogen and oxygen atoms in total. The minimum Gasteiger partial charge on any atom is -0.462 e. The minimum absolute atomic E-state index is 0.195. The van der Waals surface area contributed by atoms with E-state index in [2.05, 4.69) is 10.3 Å². The van der Waals surface area contributed by atoms with E-state index in [4.69, 9.17) is 14.7 Å².